The van der Waals surface area contributed by atoms with E-state index in [4.69, 9.17) is 15.6 Å². The van der Waals surface area contributed by atoms with E-state index in [-0.39, 0.29) is 5.90 Å². The lowest BCUT2D eigenvalue weighted by Gasteiger charge is -1.98. The fourth-order valence-corrected chi connectivity index (χ4v) is 1.08. The van der Waals surface area contributed by atoms with E-state index < -0.39 is 0 Å². The third-order valence-corrected chi connectivity index (χ3v) is 1.99. The molecule has 0 atom stereocenters. The molecule has 1 rings (SSSR count). The highest BCUT2D eigenvalue weighted by Gasteiger charge is 1.94. The fraction of sp³-hybridized carbons (Fsp3) is 0.167. The average molecular weight is 202 g/mol. The van der Waals surface area contributed by atoms with Crippen LogP contribution in [0.5, 0.6) is 0 Å². The van der Waals surface area contributed by atoms with Crippen molar-refractivity contribution in [2.45, 2.75) is 6.92 Å². The first-order valence-electron chi connectivity index (χ1n) is 4.59. The van der Waals surface area contributed by atoms with Gasteiger partial charge < -0.3 is 10.1 Å². The quantitative estimate of drug-likeness (QED) is 0.574. The predicted molar refractivity (Wildman–Crippen MR) is 62.7 cm³/mol. The van der Waals surface area contributed by atoms with Gasteiger partial charge in [0, 0.05) is 11.8 Å². The minimum Gasteiger partial charge on any atom is -0.481 e. The Bertz CT molecular complexity index is 391. The number of ether oxygens (including phenoxy) is 1. The van der Waals surface area contributed by atoms with Crippen LogP contribution in [0.1, 0.15) is 18.1 Å². The number of hydrogen-bond acceptors (Lipinski definition) is 3. The summed E-state index contributed by atoms with van der Waals surface area (Å²) in [6.07, 6.45) is 3.39. The van der Waals surface area contributed by atoms with Crippen LogP contribution in [0.25, 0.3) is 6.08 Å². The number of methoxy groups -OCH3 is 1. The minimum atomic E-state index is 0.127. The molecule has 3 heteroatoms. The van der Waals surface area contributed by atoms with E-state index in [1.807, 2.05) is 24.3 Å². The molecule has 0 aliphatic heterocycles. The van der Waals surface area contributed by atoms with Gasteiger partial charge in [-0.3, -0.25) is 5.41 Å². The molecule has 0 unspecified atom stereocenters. The van der Waals surface area contributed by atoms with E-state index in [0.29, 0.717) is 5.71 Å². The lowest BCUT2D eigenvalue weighted by Crippen LogP contribution is -1.93. The maximum atomic E-state index is 7.43. The van der Waals surface area contributed by atoms with Gasteiger partial charge in [0.05, 0.1) is 7.11 Å². The van der Waals surface area contributed by atoms with Crippen molar-refractivity contribution in [3.05, 3.63) is 41.5 Å². The van der Waals surface area contributed by atoms with Crippen molar-refractivity contribution < 1.29 is 4.74 Å². The molecule has 0 aliphatic carbocycles. The monoisotopic (exact) mass is 202 g/mol. The summed E-state index contributed by atoms with van der Waals surface area (Å²) in [5.74, 6) is 0.127. The Labute approximate surface area is 89.4 Å². The van der Waals surface area contributed by atoms with Crippen LogP contribution in [0.4, 0.5) is 0 Å². The van der Waals surface area contributed by atoms with Gasteiger partial charge in [0.1, 0.15) is 0 Å². The summed E-state index contributed by atoms with van der Waals surface area (Å²) in [5, 5.41) is 14.7. The summed E-state index contributed by atoms with van der Waals surface area (Å²) in [7, 11) is 1.47. The standard InChI is InChI=1S/C12H14N2O/c1-9(13)11-6-3-10(4-7-11)5-8-12(14)15-2/h3-8,13-14H,1-2H3/b8-5+,13-9?,14-12?. The highest BCUT2D eigenvalue weighted by molar-refractivity contribution is 5.96. The maximum Gasteiger partial charge on any atom is 0.205 e. The molecule has 2 N–H and O–H groups in total. The molecule has 1 aromatic carbocycles. The summed E-state index contributed by atoms with van der Waals surface area (Å²) >= 11 is 0. The number of rotatable bonds is 3. The lowest BCUT2D eigenvalue weighted by atomic mass is 10.1. The zero-order chi connectivity index (χ0) is 11.3. The molecular formula is C12H14N2O. The Morgan fingerprint density at radius 1 is 1.20 bits per heavy atom. The summed E-state index contributed by atoms with van der Waals surface area (Å²) < 4.78 is 4.70. The Hall–Kier alpha value is -1.90. The topological polar surface area (TPSA) is 56.9 Å². The van der Waals surface area contributed by atoms with Crippen LogP contribution in [-0.2, 0) is 4.74 Å². The molecule has 0 spiro atoms. The van der Waals surface area contributed by atoms with Crippen LogP contribution < -0.4 is 0 Å². The Kier molecular flexibility index (Phi) is 3.80. The van der Waals surface area contributed by atoms with Gasteiger partial charge in [-0.05, 0) is 24.1 Å². The zero-order valence-corrected chi connectivity index (χ0v) is 8.87. The second kappa shape index (κ2) is 5.10. The normalized spacial score (nSPS) is 10.3. The van der Waals surface area contributed by atoms with Crippen molar-refractivity contribution >= 4 is 17.7 Å². The molecule has 15 heavy (non-hydrogen) atoms. The molecule has 78 valence electrons. The molecule has 0 aliphatic rings. The highest BCUT2D eigenvalue weighted by Crippen LogP contribution is 2.06. The highest BCUT2D eigenvalue weighted by atomic mass is 16.5. The molecule has 0 aromatic heterocycles. The van der Waals surface area contributed by atoms with Crippen molar-refractivity contribution in [3.8, 4) is 0 Å². The smallest absolute Gasteiger partial charge is 0.205 e. The predicted octanol–water partition coefficient (Wildman–Crippen LogP) is 2.71. The third kappa shape index (κ3) is 3.38. The molecule has 0 fully saturated rings. The molecule has 0 bridgehead atoms. The molecular weight excluding hydrogens is 188 g/mol. The molecule has 0 heterocycles. The number of nitrogens with one attached hydrogen (secondary N) is 2. The van der Waals surface area contributed by atoms with Gasteiger partial charge >= 0.3 is 0 Å². The second-order valence-corrected chi connectivity index (χ2v) is 3.15. The van der Waals surface area contributed by atoms with E-state index in [2.05, 4.69) is 0 Å². The summed E-state index contributed by atoms with van der Waals surface area (Å²) in [6.45, 7) is 1.76. The van der Waals surface area contributed by atoms with Crippen LogP contribution in [0, 0.1) is 10.8 Å². The van der Waals surface area contributed by atoms with Crippen LogP contribution in [0.3, 0.4) is 0 Å². The second-order valence-electron chi connectivity index (χ2n) is 3.15. The molecule has 0 saturated carbocycles. The zero-order valence-electron chi connectivity index (χ0n) is 8.87. The number of hydrogen-bond donors (Lipinski definition) is 2. The van der Waals surface area contributed by atoms with E-state index in [0.717, 1.165) is 11.1 Å². The van der Waals surface area contributed by atoms with Gasteiger partial charge in [0.25, 0.3) is 0 Å². The third-order valence-electron chi connectivity index (χ3n) is 1.99. The van der Waals surface area contributed by atoms with E-state index in [1.54, 1.807) is 19.1 Å². The summed E-state index contributed by atoms with van der Waals surface area (Å²) in [4.78, 5) is 0. The Morgan fingerprint density at radius 3 is 2.27 bits per heavy atom. The van der Waals surface area contributed by atoms with Crippen LogP contribution in [-0.4, -0.2) is 18.7 Å². The molecule has 0 saturated heterocycles. The van der Waals surface area contributed by atoms with Gasteiger partial charge in [-0.2, -0.15) is 0 Å². The first kappa shape index (κ1) is 11.2. The maximum absolute atomic E-state index is 7.43. The van der Waals surface area contributed by atoms with Crippen LogP contribution in [0.2, 0.25) is 0 Å². The molecule has 3 nitrogen and oxygen atoms in total. The lowest BCUT2D eigenvalue weighted by molar-refractivity contribution is 0.403. The van der Waals surface area contributed by atoms with Crippen molar-refractivity contribution in [1.29, 1.82) is 10.8 Å². The molecule has 1 aromatic rings. The van der Waals surface area contributed by atoms with Crippen molar-refractivity contribution in [2.75, 3.05) is 7.11 Å². The van der Waals surface area contributed by atoms with Crippen molar-refractivity contribution in [2.24, 2.45) is 0 Å². The SMILES string of the molecule is COC(=N)/C=C/c1ccc(C(C)=N)cc1. The first-order valence-corrected chi connectivity index (χ1v) is 4.59. The van der Waals surface area contributed by atoms with Crippen molar-refractivity contribution in [1.82, 2.24) is 0 Å². The van der Waals surface area contributed by atoms with E-state index >= 15 is 0 Å². The van der Waals surface area contributed by atoms with E-state index in [9.17, 15) is 0 Å². The fourth-order valence-electron chi connectivity index (χ4n) is 1.08. The first-order chi connectivity index (χ1) is 7.13. The Balaban J connectivity index is 2.77. The van der Waals surface area contributed by atoms with Crippen molar-refractivity contribution in [3.63, 3.8) is 0 Å². The van der Waals surface area contributed by atoms with Gasteiger partial charge in [-0.1, -0.05) is 24.3 Å². The van der Waals surface area contributed by atoms with Gasteiger partial charge in [0.2, 0.25) is 5.90 Å². The molecule has 0 amide bonds. The largest absolute Gasteiger partial charge is 0.481 e. The minimum absolute atomic E-state index is 0.127. The van der Waals surface area contributed by atoms with Gasteiger partial charge in [-0.25, -0.2) is 0 Å². The average Bonchev–Trinajstić information content (AvgIpc) is 2.26. The van der Waals surface area contributed by atoms with Crippen LogP contribution >= 0.6 is 0 Å². The van der Waals surface area contributed by atoms with E-state index in [1.165, 1.54) is 7.11 Å². The van der Waals surface area contributed by atoms with Crippen LogP contribution in [0.15, 0.2) is 30.3 Å². The molecule has 0 radical (unpaired) electrons. The Morgan fingerprint density at radius 2 is 1.80 bits per heavy atom. The number of benzene rings is 1. The van der Waals surface area contributed by atoms with Gasteiger partial charge in [-0.15, -0.1) is 0 Å². The summed E-state index contributed by atoms with van der Waals surface area (Å²) in [5.41, 5.74) is 2.45. The summed E-state index contributed by atoms with van der Waals surface area (Å²) in [6, 6.07) is 7.59. The van der Waals surface area contributed by atoms with Gasteiger partial charge in [0.15, 0.2) is 0 Å².